The van der Waals surface area contributed by atoms with Gasteiger partial charge in [0.2, 0.25) is 0 Å². The van der Waals surface area contributed by atoms with E-state index >= 15 is 0 Å². The van der Waals surface area contributed by atoms with Crippen LogP contribution in [0, 0.1) is 20.8 Å². The number of nitrogens with one attached hydrogen (secondary N) is 1. The minimum atomic E-state index is 0. The number of hydrogen-bond acceptors (Lipinski definition) is 3. The van der Waals surface area contributed by atoms with E-state index < -0.39 is 0 Å². The van der Waals surface area contributed by atoms with Gasteiger partial charge in [0.15, 0.2) is 5.96 Å². The first-order chi connectivity index (χ1) is 12.5. The number of hydrogen-bond donors (Lipinski definition) is 1. The van der Waals surface area contributed by atoms with Gasteiger partial charge in [0.05, 0.1) is 6.54 Å². The maximum atomic E-state index is 5.89. The first kappa shape index (κ1) is 23.2. The number of ether oxygens (including phenoxy) is 1. The second-order valence-corrected chi connectivity index (χ2v) is 6.62. The molecule has 0 aliphatic rings. The van der Waals surface area contributed by atoms with Gasteiger partial charge in [-0.25, -0.2) is 0 Å². The standard InChI is InChI=1S/C21H30N4O.HI/c1-16-12-17(2)14-20(13-16)26-11-10-25(5)21(22-4)24-9-7-19-6-8-23-15-18(19)3;/h6,8,12-15H,7,9-11H2,1-5H3,(H,22,24);1H. The number of aromatic nitrogens is 1. The van der Waals surface area contributed by atoms with Crippen molar-refractivity contribution in [3.05, 3.63) is 58.9 Å². The summed E-state index contributed by atoms with van der Waals surface area (Å²) < 4.78 is 5.89. The van der Waals surface area contributed by atoms with Crippen LogP contribution >= 0.6 is 24.0 Å². The highest BCUT2D eigenvalue weighted by atomic mass is 127. The SMILES string of the molecule is CN=C(NCCc1ccncc1C)N(C)CCOc1cc(C)cc(C)c1.I. The quantitative estimate of drug-likeness (QED) is 0.371. The molecule has 0 saturated carbocycles. The van der Waals surface area contributed by atoms with Crippen LogP contribution in [0.3, 0.4) is 0 Å². The smallest absolute Gasteiger partial charge is 0.193 e. The van der Waals surface area contributed by atoms with Gasteiger partial charge in [-0.05, 0) is 67.6 Å². The average Bonchev–Trinajstić information content (AvgIpc) is 2.59. The van der Waals surface area contributed by atoms with E-state index in [1.165, 1.54) is 22.3 Å². The molecule has 1 aromatic heterocycles. The van der Waals surface area contributed by atoms with Gasteiger partial charge in [0, 0.05) is 33.0 Å². The molecule has 1 N–H and O–H groups in total. The van der Waals surface area contributed by atoms with E-state index in [2.05, 4.69) is 65.2 Å². The first-order valence-corrected chi connectivity index (χ1v) is 9.02. The molecule has 0 radical (unpaired) electrons. The molecule has 2 rings (SSSR count). The van der Waals surface area contributed by atoms with Gasteiger partial charge in [-0.15, -0.1) is 24.0 Å². The first-order valence-electron chi connectivity index (χ1n) is 9.02. The molecule has 0 spiro atoms. The normalized spacial score (nSPS) is 10.9. The monoisotopic (exact) mass is 482 g/mol. The summed E-state index contributed by atoms with van der Waals surface area (Å²) in [6.07, 6.45) is 4.69. The summed E-state index contributed by atoms with van der Waals surface area (Å²) in [5.74, 6) is 1.80. The van der Waals surface area contributed by atoms with E-state index in [0.717, 1.165) is 31.2 Å². The molecule has 148 valence electrons. The van der Waals surface area contributed by atoms with Crippen molar-refractivity contribution in [1.82, 2.24) is 15.2 Å². The Morgan fingerprint density at radius 1 is 1.19 bits per heavy atom. The molecule has 2 aromatic rings. The predicted octanol–water partition coefficient (Wildman–Crippen LogP) is 3.75. The topological polar surface area (TPSA) is 49.8 Å². The van der Waals surface area contributed by atoms with Crippen molar-refractivity contribution < 1.29 is 4.74 Å². The number of guanidine groups is 1. The summed E-state index contributed by atoms with van der Waals surface area (Å²) in [7, 11) is 3.83. The molecule has 0 unspecified atom stereocenters. The van der Waals surface area contributed by atoms with Crippen LogP contribution in [0.1, 0.15) is 22.3 Å². The van der Waals surface area contributed by atoms with Crippen molar-refractivity contribution in [3.8, 4) is 5.75 Å². The molecule has 0 aliphatic carbocycles. The Morgan fingerprint density at radius 3 is 2.52 bits per heavy atom. The van der Waals surface area contributed by atoms with Crippen LogP contribution in [0.15, 0.2) is 41.7 Å². The molecule has 0 aliphatic heterocycles. The highest BCUT2D eigenvalue weighted by Crippen LogP contribution is 2.16. The lowest BCUT2D eigenvalue weighted by Gasteiger charge is -2.22. The van der Waals surface area contributed by atoms with Crippen molar-refractivity contribution in [2.75, 3.05) is 33.8 Å². The van der Waals surface area contributed by atoms with E-state index in [1.807, 2.05) is 19.4 Å². The highest BCUT2D eigenvalue weighted by molar-refractivity contribution is 14.0. The third kappa shape index (κ3) is 7.74. The number of aryl methyl sites for hydroxylation is 3. The molecule has 0 atom stereocenters. The van der Waals surface area contributed by atoms with Crippen LogP contribution in [-0.4, -0.2) is 49.6 Å². The van der Waals surface area contributed by atoms with Gasteiger partial charge in [0.1, 0.15) is 12.4 Å². The van der Waals surface area contributed by atoms with E-state index in [4.69, 9.17) is 4.74 Å². The fraction of sp³-hybridized carbons (Fsp3) is 0.429. The number of rotatable bonds is 7. The van der Waals surface area contributed by atoms with Gasteiger partial charge in [0.25, 0.3) is 0 Å². The van der Waals surface area contributed by atoms with Crippen LogP contribution in [0.5, 0.6) is 5.75 Å². The molecule has 27 heavy (non-hydrogen) atoms. The second kappa shape index (κ2) is 11.8. The van der Waals surface area contributed by atoms with Crippen molar-refractivity contribution in [1.29, 1.82) is 0 Å². The Balaban J connectivity index is 0.00000364. The van der Waals surface area contributed by atoms with Crippen LogP contribution in [0.4, 0.5) is 0 Å². The van der Waals surface area contributed by atoms with Gasteiger partial charge >= 0.3 is 0 Å². The van der Waals surface area contributed by atoms with E-state index in [0.29, 0.717) is 6.61 Å². The van der Waals surface area contributed by atoms with Crippen LogP contribution in [-0.2, 0) is 6.42 Å². The van der Waals surface area contributed by atoms with Crippen molar-refractivity contribution in [3.63, 3.8) is 0 Å². The minimum Gasteiger partial charge on any atom is -0.492 e. The van der Waals surface area contributed by atoms with Crippen LogP contribution in [0.25, 0.3) is 0 Å². The zero-order valence-corrected chi connectivity index (χ0v) is 19.3. The Bertz CT molecular complexity index is 728. The molecule has 0 fully saturated rings. The lowest BCUT2D eigenvalue weighted by molar-refractivity contribution is 0.281. The lowest BCUT2D eigenvalue weighted by Crippen LogP contribution is -2.41. The van der Waals surface area contributed by atoms with Gasteiger partial charge in [-0.2, -0.15) is 0 Å². The molecule has 1 heterocycles. The number of aliphatic imine (C=N–C) groups is 1. The molecule has 6 heteroatoms. The van der Waals surface area contributed by atoms with Crippen LogP contribution < -0.4 is 10.1 Å². The van der Waals surface area contributed by atoms with Crippen LogP contribution in [0.2, 0.25) is 0 Å². The third-order valence-electron chi connectivity index (χ3n) is 4.28. The van der Waals surface area contributed by atoms with Crippen molar-refractivity contribution in [2.45, 2.75) is 27.2 Å². The molecular formula is C21H31IN4O. The Hall–Kier alpha value is -1.83. The fourth-order valence-electron chi connectivity index (χ4n) is 2.90. The Labute approximate surface area is 180 Å². The summed E-state index contributed by atoms with van der Waals surface area (Å²) in [6.45, 7) is 8.47. The number of pyridine rings is 1. The summed E-state index contributed by atoms with van der Waals surface area (Å²) >= 11 is 0. The largest absolute Gasteiger partial charge is 0.492 e. The Morgan fingerprint density at radius 2 is 1.89 bits per heavy atom. The summed E-state index contributed by atoms with van der Waals surface area (Å²) in [6, 6.07) is 8.35. The fourth-order valence-corrected chi connectivity index (χ4v) is 2.90. The van der Waals surface area contributed by atoms with Crippen molar-refractivity contribution >= 4 is 29.9 Å². The number of nitrogens with zero attached hydrogens (tertiary/aromatic N) is 3. The van der Waals surface area contributed by atoms with E-state index in [-0.39, 0.29) is 24.0 Å². The minimum absolute atomic E-state index is 0. The van der Waals surface area contributed by atoms with Gasteiger partial charge in [-0.3, -0.25) is 9.98 Å². The second-order valence-electron chi connectivity index (χ2n) is 6.62. The summed E-state index contributed by atoms with van der Waals surface area (Å²) in [5.41, 5.74) is 4.97. The molecule has 0 bridgehead atoms. The van der Waals surface area contributed by atoms with Gasteiger partial charge < -0.3 is 15.0 Å². The summed E-state index contributed by atoms with van der Waals surface area (Å²) in [4.78, 5) is 10.6. The highest BCUT2D eigenvalue weighted by Gasteiger charge is 2.06. The summed E-state index contributed by atoms with van der Waals surface area (Å²) in [5, 5.41) is 3.41. The maximum Gasteiger partial charge on any atom is 0.193 e. The van der Waals surface area contributed by atoms with E-state index in [1.54, 1.807) is 7.05 Å². The molecule has 1 aromatic carbocycles. The zero-order chi connectivity index (χ0) is 18.9. The van der Waals surface area contributed by atoms with E-state index in [9.17, 15) is 0 Å². The maximum absolute atomic E-state index is 5.89. The lowest BCUT2D eigenvalue weighted by atomic mass is 10.1. The molecule has 0 amide bonds. The number of benzene rings is 1. The number of likely N-dealkylation sites (N-methyl/N-ethyl adjacent to an activating group) is 1. The predicted molar refractivity (Wildman–Crippen MR) is 123 cm³/mol. The van der Waals surface area contributed by atoms with Crippen molar-refractivity contribution in [2.24, 2.45) is 4.99 Å². The average molecular weight is 482 g/mol. The Kier molecular flexibility index (Phi) is 10.1. The third-order valence-corrected chi connectivity index (χ3v) is 4.28. The number of halogens is 1. The zero-order valence-electron chi connectivity index (χ0n) is 17.0. The van der Waals surface area contributed by atoms with Gasteiger partial charge in [-0.1, -0.05) is 6.07 Å². The molecule has 5 nitrogen and oxygen atoms in total. The molecular weight excluding hydrogens is 451 g/mol. The molecule has 0 saturated heterocycles.